The number of anilines is 1. The third-order valence-corrected chi connectivity index (χ3v) is 4.42. The third-order valence-electron chi connectivity index (χ3n) is 3.60. The highest BCUT2D eigenvalue weighted by atomic mass is 35.5. The molecule has 0 aliphatic heterocycles. The van der Waals surface area contributed by atoms with Crippen molar-refractivity contribution in [2.24, 2.45) is 5.73 Å². The fourth-order valence-electron chi connectivity index (χ4n) is 2.38. The molecule has 7 heteroatoms. The zero-order chi connectivity index (χ0) is 17.4. The average Bonchev–Trinajstić information content (AvgIpc) is 2.58. The number of carbonyl (C=O) groups is 1. The van der Waals surface area contributed by atoms with Gasteiger partial charge in [-0.05, 0) is 24.1 Å². The first-order chi connectivity index (χ1) is 11.6. The van der Waals surface area contributed by atoms with Crippen LogP contribution in [-0.2, 0) is 11.2 Å². The molecule has 0 saturated heterocycles. The van der Waals surface area contributed by atoms with Crippen LogP contribution in [0.15, 0.2) is 48.5 Å². The molecule has 0 aliphatic carbocycles. The number of hydrogen-bond acceptors (Lipinski definition) is 3. The molecule has 0 unspecified atom stereocenters. The zero-order valence-corrected chi connectivity index (χ0v) is 16.1. The van der Waals surface area contributed by atoms with Crippen LogP contribution in [0.4, 0.5) is 5.69 Å². The average molecular weight is 403 g/mol. The monoisotopic (exact) mass is 401 g/mol. The zero-order valence-electron chi connectivity index (χ0n) is 13.8. The summed E-state index contributed by atoms with van der Waals surface area (Å²) in [7, 11) is 0. The molecule has 0 heterocycles. The second-order valence-corrected chi connectivity index (χ2v) is 6.24. The Kier molecular flexibility index (Phi) is 9.86. The highest BCUT2D eigenvalue weighted by Crippen LogP contribution is 2.29. The van der Waals surface area contributed by atoms with E-state index in [1.54, 1.807) is 18.2 Å². The van der Waals surface area contributed by atoms with Gasteiger partial charge in [0.05, 0.1) is 22.3 Å². The van der Waals surface area contributed by atoms with Crippen LogP contribution in [0.2, 0.25) is 10.0 Å². The second-order valence-electron chi connectivity index (χ2n) is 5.45. The Hall–Kier alpha value is -1.30. The van der Waals surface area contributed by atoms with Crippen LogP contribution in [0.25, 0.3) is 0 Å². The minimum Gasteiger partial charge on any atom is -0.329 e. The Morgan fingerprint density at radius 1 is 1.04 bits per heavy atom. The molecule has 0 radical (unpaired) electrons. The van der Waals surface area contributed by atoms with Crippen molar-refractivity contribution >= 4 is 47.2 Å². The van der Waals surface area contributed by atoms with Gasteiger partial charge in [-0.2, -0.15) is 0 Å². The first-order valence-electron chi connectivity index (χ1n) is 7.80. The second kappa shape index (κ2) is 11.3. The number of nitrogens with two attached hydrogens (primary N) is 1. The van der Waals surface area contributed by atoms with Gasteiger partial charge in [-0.25, -0.2) is 0 Å². The summed E-state index contributed by atoms with van der Waals surface area (Å²) in [5, 5.41) is 3.56. The standard InChI is InChI=1S/C18H21Cl2N3O.ClH/c19-15-7-4-8-16(18(15)20)22-17(24)13-23(12-10-21)11-9-14-5-2-1-3-6-14;/h1-8H,9-13,21H2,(H,22,24);1H. The van der Waals surface area contributed by atoms with Gasteiger partial charge >= 0.3 is 0 Å². The molecule has 0 bridgehead atoms. The summed E-state index contributed by atoms with van der Waals surface area (Å²) in [4.78, 5) is 14.3. The lowest BCUT2D eigenvalue weighted by atomic mass is 10.1. The summed E-state index contributed by atoms with van der Waals surface area (Å²) in [6, 6.07) is 15.3. The number of carbonyl (C=O) groups excluding carboxylic acids is 1. The van der Waals surface area contributed by atoms with Crippen molar-refractivity contribution in [3.8, 4) is 0 Å². The minimum absolute atomic E-state index is 0. The van der Waals surface area contributed by atoms with Crippen molar-refractivity contribution in [3.63, 3.8) is 0 Å². The highest BCUT2D eigenvalue weighted by molar-refractivity contribution is 6.43. The predicted octanol–water partition coefficient (Wildman–Crippen LogP) is 3.86. The maximum Gasteiger partial charge on any atom is 0.238 e. The van der Waals surface area contributed by atoms with E-state index in [1.807, 2.05) is 23.1 Å². The van der Waals surface area contributed by atoms with Crippen molar-refractivity contribution in [2.75, 3.05) is 31.5 Å². The minimum atomic E-state index is -0.138. The summed E-state index contributed by atoms with van der Waals surface area (Å²) in [5.74, 6) is -0.138. The third kappa shape index (κ3) is 7.22. The number of amides is 1. The SMILES string of the molecule is Cl.NCCN(CCc1ccccc1)CC(=O)Nc1cccc(Cl)c1Cl. The van der Waals surface area contributed by atoms with Crippen LogP contribution in [0.5, 0.6) is 0 Å². The number of rotatable bonds is 8. The first-order valence-corrected chi connectivity index (χ1v) is 8.56. The number of nitrogens with zero attached hydrogens (tertiary/aromatic N) is 1. The van der Waals surface area contributed by atoms with Gasteiger partial charge < -0.3 is 11.1 Å². The Morgan fingerprint density at radius 3 is 2.44 bits per heavy atom. The highest BCUT2D eigenvalue weighted by Gasteiger charge is 2.12. The van der Waals surface area contributed by atoms with Gasteiger partial charge in [-0.15, -0.1) is 12.4 Å². The predicted molar refractivity (Wildman–Crippen MR) is 108 cm³/mol. The molecule has 136 valence electrons. The van der Waals surface area contributed by atoms with E-state index < -0.39 is 0 Å². The number of hydrogen-bond donors (Lipinski definition) is 2. The lowest BCUT2D eigenvalue weighted by Gasteiger charge is -2.21. The molecule has 0 aliphatic rings. The van der Waals surface area contributed by atoms with Crippen molar-refractivity contribution in [1.29, 1.82) is 0 Å². The van der Waals surface area contributed by atoms with Crippen LogP contribution >= 0.6 is 35.6 Å². The molecule has 0 fully saturated rings. The fraction of sp³-hybridized carbons (Fsp3) is 0.278. The molecule has 4 nitrogen and oxygen atoms in total. The Balaban J connectivity index is 0.00000312. The number of halogens is 3. The van der Waals surface area contributed by atoms with Gasteiger partial charge in [0, 0.05) is 19.6 Å². The van der Waals surface area contributed by atoms with Crippen LogP contribution < -0.4 is 11.1 Å². The van der Waals surface area contributed by atoms with Crippen LogP contribution in [-0.4, -0.2) is 37.0 Å². The van der Waals surface area contributed by atoms with E-state index in [9.17, 15) is 4.79 Å². The summed E-state index contributed by atoms with van der Waals surface area (Å²) in [6.07, 6.45) is 0.867. The van der Waals surface area contributed by atoms with Gasteiger partial charge in [0.25, 0.3) is 0 Å². The van der Waals surface area contributed by atoms with E-state index in [1.165, 1.54) is 5.56 Å². The summed E-state index contributed by atoms with van der Waals surface area (Å²) < 4.78 is 0. The van der Waals surface area contributed by atoms with Crippen molar-refractivity contribution in [1.82, 2.24) is 4.90 Å². The van der Waals surface area contributed by atoms with Crippen LogP contribution in [0.1, 0.15) is 5.56 Å². The normalized spacial score (nSPS) is 10.4. The van der Waals surface area contributed by atoms with Gasteiger partial charge in [-0.3, -0.25) is 9.69 Å². The number of nitrogens with one attached hydrogen (secondary N) is 1. The van der Waals surface area contributed by atoms with Crippen LogP contribution in [0.3, 0.4) is 0 Å². The van der Waals surface area contributed by atoms with Crippen LogP contribution in [0, 0.1) is 0 Å². The molecule has 25 heavy (non-hydrogen) atoms. The van der Waals surface area contributed by atoms with Gasteiger partial charge in [0.2, 0.25) is 5.91 Å². The molecule has 2 aromatic carbocycles. The molecule has 0 atom stereocenters. The van der Waals surface area contributed by atoms with E-state index >= 15 is 0 Å². The van der Waals surface area contributed by atoms with E-state index in [4.69, 9.17) is 28.9 Å². The fourth-order valence-corrected chi connectivity index (χ4v) is 2.73. The summed E-state index contributed by atoms with van der Waals surface area (Å²) in [5.41, 5.74) is 7.41. The van der Waals surface area contributed by atoms with Crippen molar-refractivity contribution in [3.05, 3.63) is 64.1 Å². The molecule has 1 amide bonds. The Morgan fingerprint density at radius 2 is 1.76 bits per heavy atom. The smallest absolute Gasteiger partial charge is 0.238 e. The molecule has 2 aromatic rings. The van der Waals surface area contributed by atoms with Crippen molar-refractivity contribution < 1.29 is 4.79 Å². The van der Waals surface area contributed by atoms with E-state index in [-0.39, 0.29) is 24.9 Å². The lowest BCUT2D eigenvalue weighted by Crippen LogP contribution is -2.38. The topological polar surface area (TPSA) is 58.4 Å². The first kappa shape index (κ1) is 21.7. The molecule has 3 N–H and O–H groups in total. The maximum atomic E-state index is 12.3. The molecule has 2 rings (SSSR count). The maximum absolute atomic E-state index is 12.3. The summed E-state index contributed by atoms with van der Waals surface area (Å²) in [6.45, 7) is 2.17. The Bertz CT molecular complexity index is 668. The van der Waals surface area contributed by atoms with E-state index in [0.29, 0.717) is 28.8 Å². The largest absolute Gasteiger partial charge is 0.329 e. The molecular formula is C18H22Cl3N3O. The molecule has 0 saturated carbocycles. The summed E-state index contributed by atoms with van der Waals surface area (Å²) >= 11 is 12.1. The van der Waals surface area contributed by atoms with Gasteiger partial charge in [0.15, 0.2) is 0 Å². The molecule has 0 spiro atoms. The number of benzene rings is 2. The van der Waals surface area contributed by atoms with E-state index in [2.05, 4.69) is 17.4 Å². The van der Waals surface area contributed by atoms with E-state index in [0.717, 1.165) is 13.0 Å². The molecular weight excluding hydrogens is 381 g/mol. The molecule has 0 aromatic heterocycles. The van der Waals surface area contributed by atoms with Gasteiger partial charge in [-0.1, -0.05) is 59.6 Å². The quantitative estimate of drug-likeness (QED) is 0.705. The van der Waals surface area contributed by atoms with Gasteiger partial charge in [0.1, 0.15) is 0 Å². The van der Waals surface area contributed by atoms with Crippen molar-refractivity contribution in [2.45, 2.75) is 6.42 Å². The lowest BCUT2D eigenvalue weighted by molar-refractivity contribution is -0.117. The Labute approximate surface area is 164 Å².